The molecular formula is C13H17N3O2S. The van der Waals surface area contributed by atoms with Gasteiger partial charge in [-0.25, -0.2) is 9.78 Å². The van der Waals surface area contributed by atoms with Crippen LogP contribution in [0.1, 0.15) is 37.2 Å². The van der Waals surface area contributed by atoms with E-state index in [1.807, 2.05) is 5.38 Å². The van der Waals surface area contributed by atoms with Crippen LogP contribution in [0.2, 0.25) is 0 Å². The van der Waals surface area contributed by atoms with Gasteiger partial charge in [0, 0.05) is 24.2 Å². The SMILES string of the molecule is CC1CCN(c2nc3sccn3c2C(=O)O)C(C)C1. The maximum Gasteiger partial charge on any atom is 0.356 e. The first-order valence-corrected chi connectivity index (χ1v) is 7.41. The van der Waals surface area contributed by atoms with E-state index in [2.05, 4.69) is 23.7 Å². The molecule has 2 atom stereocenters. The number of aromatic nitrogens is 2. The van der Waals surface area contributed by atoms with Gasteiger partial charge >= 0.3 is 5.97 Å². The van der Waals surface area contributed by atoms with Crippen molar-refractivity contribution in [3.8, 4) is 0 Å². The Morgan fingerprint density at radius 3 is 3.00 bits per heavy atom. The van der Waals surface area contributed by atoms with E-state index >= 15 is 0 Å². The summed E-state index contributed by atoms with van der Waals surface area (Å²) >= 11 is 1.47. The second-order valence-electron chi connectivity index (χ2n) is 5.32. The van der Waals surface area contributed by atoms with Gasteiger partial charge in [-0.3, -0.25) is 4.40 Å². The summed E-state index contributed by atoms with van der Waals surface area (Å²) in [5.74, 6) is 0.411. The van der Waals surface area contributed by atoms with Crippen molar-refractivity contribution in [3.05, 3.63) is 17.3 Å². The normalized spacial score (nSPS) is 24.0. The molecule has 2 aromatic heterocycles. The Labute approximate surface area is 115 Å². The molecule has 2 unspecified atom stereocenters. The third-order valence-corrected chi connectivity index (χ3v) is 4.61. The van der Waals surface area contributed by atoms with Crippen molar-refractivity contribution >= 4 is 28.1 Å². The standard InChI is InChI=1S/C13H17N3O2S/c1-8-3-4-15(9(2)7-8)11-10(12(17)18)16-5-6-19-13(16)14-11/h5-6,8-9H,3-4,7H2,1-2H3,(H,17,18). The Morgan fingerprint density at radius 2 is 2.32 bits per heavy atom. The molecule has 1 aliphatic heterocycles. The second kappa shape index (κ2) is 4.52. The van der Waals surface area contributed by atoms with Crippen LogP contribution in [0.15, 0.2) is 11.6 Å². The van der Waals surface area contributed by atoms with Gasteiger partial charge in [-0.1, -0.05) is 6.92 Å². The smallest absolute Gasteiger partial charge is 0.356 e. The molecule has 1 fully saturated rings. The monoisotopic (exact) mass is 279 g/mol. The number of imidazole rings is 1. The molecule has 1 N–H and O–H groups in total. The van der Waals surface area contributed by atoms with Crippen LogP contribution >= 0.6 is 11.3 Å². The van der Waals surface area contributed by atoms with Crippen LogP contribution in [-0.4, -0.2) is 33.0 Å². The zero-order valence-electron chi connectivity index (χ0n) is 11.0. The summed E-state index contributed by atoms with van der Waals surface area (Å²) in [7, 11) is 0. The number of hydrogen-bond donors (Lipinski definition) is 1. The molecule has 0 aromatic carbocycles. The Morgan fingerprint density at radius 1 is 1.53 bits per heavy atom. The van der Waals surface area contributed by atoms with Crippen LogP contribution in [0.5, 0.6) is 0 Å². The third-order valence-electron chi connectivity index (χ3n) is 3.86. The fourth-order valence-electron chi connectivity index (χ4n) is 2.90. The van der Waals surface area contributed by atoms with Gasteiger partial charge in [-0.05, 0) is 25.7 Å². The lowest BCUT2D eigenvalue weighted by Gasteiger charge is -2.37. The highest BCUT2D eigenvalue weighted by atomic mass is 32.1. The van der Waals surface area contributed by atoms with E-state index in [0.717, 1.165) is 24.3 Å². The zero-order chi connectivity index (χ0) is 13.6. The number of anilines is 1. The van der Waals surface area contributed by atoms with E-state index in [4.69, 9.17) is 0 Å². The fraction of sp³-hybridized carbons (Fsp3) is 0.538. The molecule has 6 heteroatoms. The average Bonchev–Trinajstić information content (AvgIpc) is 2.87. The van der Waals surface area contributed by atoms with Crippen molar-refractivity contribution in [2.75, 3.05) is 11.4 Å². The number of rotatable bonds is 2. The predicted octanol–water partition coefficient (Wildman–Crippen LogP) is 2.72. The number of carboxylic acids is 1. The first kappa shape index (κ1) is 12.5. The van der Waals surface area contributed by atoms with Crippen LogP contribution in [0.25, 0.3) is 4.96 Å². The molecule has 0 amide bonds. The lowest BCUT2D eigenvalue weighted by atomic mass is 9.93. The molecule has 3 heterocycles. The molecule has 102 valence electrons. The molecule has 0 saturated carbocycles. The number of carbonyl (C=O) groups is 1. The third kappa shape index (κ3) is 2.00. The van der Waals surface area contributed by atoms with E-state index in [1.165, 1.54) is 11.3 Å². The lowest BCUT2D eigenvalue weighted by molar-refractivity contribution is 0.0690. The molecule has 0 spiro atoms. The highest BCUT2D eigenvalue weighted by Crippen LogP contribution is 2.31. The van der Waals surface area contributed by atoms with Gasteiger partial charge in [0.1, 0.15) is 0 Å². The Kier molecular flexibility index (Phi) is 2.97. The van der Waals surface area contributed by atoms with Gasteiger partial charge in [0.2, 0.25) is 0 Å². The molecule has 1 aliphatic rings. The number of piperidine rings is 1. The fourth-order valence-corrected chi connectivity index (χ4v) is 3.60. The molecular weight excluding hydrogens is 262 g/mol. The van der Waals surface area contributed by atoms with Crippen molar-refractivity contribution in [3.63, 3.8) is 0 Å². The molecule has 0 aliphatic carbocycles. The van der Waals surface area contributed by atoms with Crippen molar-refractivity contribution in [1.29, 1.82) is 0 Å². The van der Waals surface area contributed by atoms with Crippen molar-refractivity contribution in [1.82, 2.24) is 9.38 Å². The van der Waals surface area contributed by atoms with Crippen LogP contribution in [0.4, 0.5) is 5.82 Å². The van der Waals surface area contributed by atoms with E-state index in [9.17, 15) is 9.90 Å². The maximum atomic E-state index is 11.5. The summed E-state index contributed by atoms with van der Waals surface area (Å²) in [4.78, 5) is 18.9. The number of fused-ring (bicyclic) bond motifs is 1. The van der Waals surface area contributed by atoms with Crippen molar-refractivity contribution < 1.29 is 9.90 Å². The van der Waals surface area contributed by atoms with Gasteiger partial charge in [0.05, 0.1) is 0 Å². The van der Waals surface area contributed by atoms with Crippen LogP contribution in [-0.2, 0) is 0 Å². The topological polar surface area (TPSA) is 57.8 Å². The lowest BCUT2D eigenvalue weighted by Crippen LogP contribution is -2.41. The predicted molar refractivity (Wildman–Crippen MR) is 75.2 cm³/mol. The zero-order valence-corrected chi connectivity index (χ0v) is 11.9. The average molecular weight is 279 g/mol. The minimum atomic E-state index is -0.910. The molecule has 1 saturated heterocycles. The van der Waals surface area contributed by atoms with E-state index in [-0.39, 0.29) is 5.69 Å². The number of aromatic carboxylic acids is 1. The number of carboxylic acid groups (broad SMARTS) is 1. The van der Waals surface area contributed by atoms with Crippen molar-refractivity contribution in [2.24, 2.45) is 5.92 Å². The number of thiazole rings is 1. The quantitative estimate of drug-likeness (QED) is 0.918. The number of hydrogen-bond acceptors (Lipinski definition) is 4. The van der Waals surface area contributed by atoms with Gasteiger partial charge in [-0.2, -0.15) is 0 Å². The first-order chi connectivity index (χ1) is 9.08. The second-order valence-corrected chi connectivity index (χ2v) is 6.19. The minimum absolute atomic E-state index is 0.289. The molecule has 19 heavy (non-hydrogen) atoms. The van der Waals surface area contributed by atoms with Crippen LogP contribution < -0.4 is 4.90 Å². The van der Waals surface area contributed by atoms with E-state index in [1.54, 1.807) is 10.6 Å². The summed E-state index contributed by atoms with van der Waals surface area (Å²) in [6.07, 6.45) is 3.95. The molecule has 0 radical (unpaired) electrons. The molecule has 5 nitrogen and oxygen atoms in total. The summed E-state index contributed by atoms with van der Waals surface area (Å²) < 4.78 is 1.67. The highest BCUT2D eigenvalue weighted by molar-refractivity contribution is 7.15. The Bertz CT molecular complexity index is 618. The Hall–Kier alpha value is -1.56. The molecule has 2 aromatic rings. The molecule has 0 bridgehead atoms. The van der Waals surface area contributed by atoms with Gasteiger partial charge < -0.3 is 10.0 Å². The van der Waals surface area contributed by atoms with Gasteiger partial charge in [0.25, 0.3) is 0 Å². The number of nitrogens with zero attached hydrogens (tertiary/aromatic N) is 3. The summed E-state index contributed by atoms with van der Waals surface area (Å²) in [5.41, 5.74) is 0.289. The van der Waals surface area contributed by atoms with Gasteiger partial charge in [0.15, 0.2) is 16.5 Å². The van der Waals surface area contributed by atoms with Crippen molar-refractivity contribution in [2.45, 2.75) is 32.7 Å². The summed E-state index contributed by atoms with van der Waals surface area (Å²) in [6, 6.07) is 0.339. The van der Waals surface area contributed by atoms with E-state index in [0.29, 0.717) is 17.8 Å². The van der Waals surface area contributed by atoms with Crippen LogP contribution in [0, 0.1) is 5.92 Å². The maximum absolute atomic E-state index is 11.5. The minimum Gasteiger partial charge on any atom is -0.476 e. The van der Waals surface area contributed by atoms with E-state index < -0.39 is 5.97 Å². The largest absolute Gasteiger partial charge is 0.476 e. The first-order valence-electron chi connectivity index (χ1n) is 6.53. The summed E-state index contributed by atoms with van der Waals surface area (Å²) in [5, 5.41) is 11.3. The van der Waals surface area contributed by atoms with Gasteiger partial charge in [-0.15, -0.1) is 11.3 Å². The molecule has 3 rings (SSSR count). The Balaban J connectivity index is 2.06. The van der Waals surface area contributed by atoms with Crippen LogP contribution in [0.3, 0.4) is 0 Å². The summed E-state index contributed by atoms with van der Waals surface area (Å²) in [6.45, 7) is 5.28. The highest BCUT2D eigenvalue weighted by Gasteiger charge is 2.30.